The Morgan fingerprint density at radius 2 is 1.82 bits per heavy atom. The van der Waals surface area contributed by atoms with E-state index in [9.17, 15) is 0 Å². The van der Waals surface area contributed by atoms with Crippen LogP contribution in [0.2, 0.25) is 0 Å². The average Bonchev–Trinajstić information content (AvgIpc) is 1.85. The van der Waals surface area contributed by atoms with Gasteiger partial charge in [-0.15, -0.1) is 0 Å². The van der Waals surface area contributed by atoms with Gasteiger partial charge in [-0.2, -0.15) is 0 Å². The average molecular weight is 154 g/mol. The molecule has 11 heavy (non-hydrogen) atoms. The molecule has 0 aliphatic heterocycles. The zero-order valence-electron chi connectivity index (χ0n) is 8.65. The second kappa shape index (κ2) is 4.58. The summed E-state index contributed by atoms with van der Waals surface area (Å²) in [6.45, 7) is 11.3. The molecule has 0 saturated heterocycles. The predicted octanol–water partition coefficient (Wildman–Crippen LogP) is 4.02. The molecule has 0 aromatic heterocycles. The molecular formula is C11H22. The molecule has 0 fully saturated rings. The fourth-order valence-corrected chi connectivity index (χ4v) is 0.790. The van der Waals surface area contributed by atoms with Gasteiger partial charge in [-0.1, -0.05) is 53.2 Å². The van der Waals surface area contributed by atoms with Gasteiger partial charge >= 0.3 is 0 Å². The minimum atomic E-state index is 0.448. The van der Waals surface area contributed by atoms with Gasteiger partial charge in [-0.3, -0.25) is 0 Å². The van der Waals surface area contributed by atoms with Crippen LogP contribution in [0.5, 0.6) is 0 Å². The zero-order valence-corrected chi connectivity index (χ0v) is 8.65. The number of allylic oxidation sites excluding steroid dienone is 2. The largest absolute Gasteiger partial charge is 0.0877 e. The number of hydrogen-bond donors (Lipinski definition) is 0. The first-order chi connectivity index (χ1) is 4.95. The SMILES string of the molecule is CCC(C)C=CCC(C)(C)C. The van der Waals surface area contributed by atoms with Crippen molar-refractivity contribution in [1.29, 1.82) is 0 Å². The van der Waals surface area contributed by atoms with Crippen molar-refractivity contribution >= 4 is 0 Å². The lowest BCUT2D eigenvalue weighted by atomic mass is 9.91. The number of rotatable bonds is 3. The molecule has 0 saturated carbocycles. The minimum absolute atomic E-state index is 0.448. The van der Waals surface area contributed by atoms with Gasteiger partial charge < -0.3 is 0 Å². The molecule has 0 radical (unpaired) electrons. The standard InChI is InChI=1S/C11H22/c1-6-10(2)8-7-9-11(3,4)5/h7-8,10H,6,9H2,1-5H3. The van der Waals surface area contributed by atoms with E-state index in [0.29, 0.717) is 5.41 Å². The van der Waals surface area contributed by atoms with E-state index in [1.165, 1.54) is 12.8 Å². The molecule has 0 aromatic carbocycles. The molecule has 1 atom stereocenters. The van der Waals surface area contributed by atoms with E-state index in [4.69, 9.17) is 0 Å². The van der Waals surface area contributed by atoms with Crippen LogP contribution in [0.15, 0.2) is 12.2 Å². The lowest BCUT2D eigenvalue weighted by Crippen LogP contribution is -2.02. The van der Waals surface area contributed by atoms with Crippen molar-refractivity contribution in [2.45, 2.75) is 47.5 Å². The van der Waals surface area contributed by atoms with Crippen LogP contribution in [-0.4, -0.2) is 0 Å². The van der Waals surface area contributed by atoms with Crippen LogP contribution < -0.4 is 0 Å². The Labute approximate surface area is 71.7 Å². The lowest BCUT2D eigenvalue weighted by Gasteiger charge is -2.14. The van der Waals surface area contributed by atoms with Crippen LogP contribution >= 0.6 is 0 Å². The molecule has 0 N–H and O–H groups in total. The summed E-state index contributed by atoms with van der Waals surface area (Å²) < 4.78 is 0. The highest BCUT2D eigenvalue weighted by Gasteiger charge is 2.06. The second-order valence-electron chi connectivity index (χ2n) is 4.58. The third-order valence-corrected chi connectivity index (χ3v) is 1.84. The Bertz CT molecular complexity index is 114. The second-order valence-corrected chi connectivity index (χ2v) is 4.58. The summed E-state index contributed by atoms with van der Waals surface area (Å²) in [6, 6.07) is 0. The first-order valence-corrected chi connectivity index (χ1v) is 4.62. The minimum Gasteiger partial charge on any atom is -0.0877 e. The first kappa shape index (κ1) is 10.7. The highest BCUT2D eigenvalue weighted by molar-refractivity contribution is 4.88. The Morgan fingerprint density at radius 3 is 2.18 bits per heavy atom. The van der Waals surface area contributed by atoms with Crippen molar-refractivity contribution in [3.05, 3.63) is 12.2 Å². The van der Waals surface area contributed by atoms with E-state index in [1.54, 1.807) is 0 Å². The van der Waals surface area contributed by atoms with Gasteiger partial charge in [0.2, 0.25) is 0 Å². The van der Waals surface area contributed by atoms with E-state index in [0.717, 1.165) is 5.92 Å². The van der Waals surface area contributed by atoms with Crippen LogP contribution in [0.3, 0.4) is 0 Å². The molecule has 66 valence electrons. The van der Waals surface area contributed by atoms with E-state index in [-0.39, 0.29) is 0 Å². The predicted molar refractivity (Wildman–Crippen MR) is 52.7 cm³/mol. The fraction of sp³-hybridized carbons (Fsp3) is 0.818. The summed E-state index contributed by atoms with van der Waals surface area (Å²) in [4.78, 5) is 0. The molecule has 0 aliphatic carbocycles. The molecule has 1 unspecified atom stereocenters. The van der Waals surface area contributed by atoms with Gasteiger partial charge in [0, 0.05) is 0 Å². The van der Waals surface area contributed by atoms with Crippen molar-refractivity contribution in [3.63, 3.8) is 0 Å². The van der Waals surface area contributed by atoms with Crippen LogP contribution in [0.1, 0.15) is 47.5 Å². The van der Waals surface area contributed by atoms with Gasteiger partial charge in [0.1, 0.15) is 0 Å². The third kappa shape index (κ3) is 7.64. The maximum absolute atomic E-state index is 2.32. The summed E-state index contributed by atoms with van der Waals surface area (Å²) in [5.41, 5.74) is 0.448. The quantitative estimate of drug-likeness (QED) is 0.538. The maximum atomic E-state index is 2.32. The molecular weight excluding hydrogens is 132 g/mol. The van der Waals surface area contributed by atoms with Gasteiger partial charge in [0.25, 0.3) is 0 Å². The van der Waals surface area contributed by atoms with E-state index >= 15 is 0 Å². The third-order valence-electron chi connectivity index (χ3n) is 1.84. The van der Waals surface area contributed by atoms with E-state index < -0.39 is 0 Å². The van der Waals surface area contributed by atoms with Crippen LogP contribution in [0.4, 0.5) is 0 Å². The number of hydrogen-bond acceptors (Lipinski definition) is 0. The molecule has 0 heteroatoms. The van der Waals surface area contributed by atoms with Crippen molar-refractivity contribution in [2.24, 2.45) is 11.3 Å². The van der Waals surface area contributed by atoms with Crippen LogP contribution in [-0.2, 0) is 0 Å². The summed E-state index contributed by atoms with van der Waals surface area (Å²) in [7, 11) is 0. The van der Waals surface area contributed by atoms with Crippen molar-refractivity contribution in [1.82, 2.24) is 0 Å². The summed E-state index contributed by atoms with van der Waals surface area (Å²) in [5, 5.41) is 0. The van der Waals surface area contributed by atoms with Crippen molar-refractivity contribution in [2.75, 3.05) is 0 Å². The molecule has 0 aromatic rings. The molecule has 0 aliphatic rings. The smallest absolute Gasteiger partial charge is 0.0265 e. The van der Waals surface area contributed by atoms with Gasteiger partial charge in [-0.25, -0.2) is 0 Å². The van der Waals surface area contributed by atoms with Crippen molar-refractivity contribution in [3.8, 4) is 0 Å². The molecule has 0 spiro atoms. The molecule has 0 bridgehead atoms. The Kier molecular flexibility index (Phi) is 4.48. The highest BCUT2D eigenvalue weighted by atomic mass is 14.1. The molecule has 0 rings (SSSR count). The molecule has 0 heterocycles. The fourth-order valence-electron chi connectivity index (χ4n) is 0.790. The topological polar surface area (TPSA) is 0 Å². The monoisotopic (exact) mass is 154 g/mol. The summed E-state index contributed by atoms with van der Waals surface area (Å²) >= 11 is 0. The van der Waals surface area contributed by atoms with Gasteiger partial charge in [0.15, 0.2) is 0 Å². The zero-order chi connectivity index (χ0) is 8.91. The molecule has 0 amide bonds. The Morgan fingerprint density at radius 1 is 1.27 bits per heavy atom. The molecule has 0 nitrogen and oxygen atoms in total. The lowest BCUT2D eigenvalue weighted by molar-refractivity contribution is 0.419. The Hall–Kier alpha value is -0.260. The summed E-state index contributed by atoms with van der Waals surface area (Å²) in [5.74, 6) is 0.748. The van der Waals surface area contributed by atoms with Crippen LogP contribution in [0.25, 0.3) is 0 Å². The van der Waals surface area contributed by atoms with E-state index in [1.807, 2.05) is 0 Å². The van der Waals surface area contributed by atoms with Crippen molar-refractivity contribution < 1.29 is 0 Å². The normalized spacial score (nSPS) is 15.7. The Balaban J connectivity index is 3.60. The van der Waals surface area contributed by atoms with Gasteiger partial charge in [0.05, 0.1) is 0 Å². The highest BCUT2D eigenvalue weighted by Crippen LogP contribution is 2.19. The summed E-state index contributed by atoms with van der Waals surface area (Å²) in [6.07, 6.45) is 7.08. The maximum Gasteiger partial charge on any atom is -0.0265 e. The van der Waals surface area contributed by atoms with Crippen LogP contribution in [0, 0.1) is 11.3 Å². The van der Waals surface area contributed by atoms with Gasteiger partial charge in [-0.05, 0) is 17.8 Å². The first-order valence-electron chi connectivity index (χ1n) is 4.62. The van der Waals surface area contributed by atoms with E-state index in [2.05, 4.69) is 46.8 Å².